The first kappa shape index (κ1) is 22.2. The maximum atomic E-state index is 13.1. The van der Waals surface area contributed by atoms with Crippen molar-refractivity contribution in [3.05, 3.63) is 98.5 Å². The number of allylic oxidation sites excluding steroid dienone is 7. The molecule has 1 fully saturated rings. The molecule has 3 nitrogen and oxygen atoms in total. The fourth-order valence-corrected chi connectivity index (χ4v) is 6.36. The second-order valence-corrected chi connectivity index (χ2v) is 10.4. The number of ketones is 1. The average Bonchev–Trinajstić information content (AvgIpc) is 3.20. The molecular formula is C29H30N2OS. The molecule has 4 aliphatic rings. The van der Waals surface area contributed by atoms with Gasteiger partial charge in [0.1, 0.15) is 4.91 Å². The molecule has 0 amide bonds. The van der Waals surface area contributed by atoms with Gasteiger partial charge in [-0.05, 0) is 97.5 Å². The van der Waals surface area contributed by atoms with E-state index in [9.17, 15) is 4.79 Å². The molecule has 1 aromatic rings. The van der Waals surface area contributed by atoms with Crippen molar-refractivity contribution in [2.45, 2.75) is 44.4 Å². The van der Waals surface area contributed by atoms with Gasteiger partial charge in [0.15, 0.2) is 0 Å². The smallest absolute Gasteiger partial charge is 0.220 e. The van der Waals surface area contributed by atoms with Crippen molar-refractivity contribution in [1.29, 1.82) is 5.41 Å². The largest absolute Gasteiger partial charge is 0.317 e. The number of piperidine rings is 1. The lowest BCUT2D eigenvalue weighted by Gasteiger charge is -2.22. The molecule has 1 saturated heterocycles. The van der Waals surface area contributed by atoms with Gasteiger partial charge in [0.05, 0.1) is 5.71 Å². The highest BCUT2D eigenvalue weighted by molar-refractivity contribution is 8.08. The Morgan fingerprint density at radius 2 is 2.00 bits per heavy atom. The minimum Gasteiger partial charge on any atom is -0.317 e. The Bertz CT molecular complexity index is 1170. The van der Waals surface area contributed by atoms with Gasteiger partial charge in [-0.25, -0.2) is 0 Å². The lowest BCUT2D eigenvalue weighted by molar-refractivity contribution is -0.109. The Morgan fingerprint density at radius 1 is 1.18 bits per heavy atom. The predicted octanol–water partition coefficient (Wildman–Crippen LogP) is 6.18. The van der Waals surface area contributed by atoms with E-state index in [1.54, 1.807) is 0 Å². The minimum absolute atomic E-state index is 0.180. The van der Waals surface area contributed by atoms with Crippen LogP contribution < -0.4 is 5.32 Å². The van der Waals surface area contributed by atoms with Crippen molar-refractivity contribution in [3.63, 3.8) is 0 Å². The molecule has 1 unspecified atom stereocenters. The van der Waals surface area contributed by atoms with Gasteiger partial charge in [0.2, 0.25) is 5.78 Å². The maximum absolute atomic E-state index is 13.1. The molecule has 0 saturated carbocycles. The van der Waals surface area contributed by atoms with Gasteiger partial charge in [-0.2, -0.15) is 0 Å². The Labute approximate surface area is 200 Å². The summed E-state index contributed by atoms with van der Waals surface area (Å²) in [6.07, 6.45) is 14.2. The zero-order chi connectivity index (χ0) is 22.8. The quantitative estimate of drug-likeness (QED) is 0.399. The lowest BCUT2D eigenvalue weighted by Crippen LogP contribution is -2.28. The van der Waals surface area contributed by atoms with E-state index in [4.69, 9.17) is 5.41 Å². The van der Waals surface area contributed by atoms with Crippen LogP contribution in [0.2, 0.25) is 0 Å². The number of rotatable bonds is 6. The number of nitrogens with one attached hydrogen (secondary N) is 2. The van der Waals surface area contributed by atoms with Crippen LogP contribution in [-0.4, -0.2) is 24.6 Å². The van der Waals surface area contributed by atoms with Crippen LogP contribution in [0.1, 0.15) is 49.1 Å². The Kier molecular flexibility index (Phi) is 6.50. The van der Waals surface area contributed by atoms with Gasteiger partial charge >= 0.3 is 0 Å². The first-order valence-electron chi connectivity index (χ1n) is 12.0. The fourth-order valence-electron chi connectivity index (χ4n) is 5.30. The van der Waals surface area contributed by atoms with Crippen molar-refractivity contribution in [2.75, 3.05) is 13.1 Å². The van der Waals surface area contributed by atoms with E-state index >= 15 is 0 Å². The summed E-state index contributed by atoms with van der Waals surface area (Å²) in [5.41, 5.74) is 9.63. The van der Waals surface area contributed by atoms with Gasteiger partial charge in [-0.3, -0.25) is 4.79 Å². The molecule has 2 aliphatic heterocycles. The van der Waals surface area contributed by atoms with E-state index in [2.05, 4.69) is 60.1 Å². The molecule has 2 aliphatic carbocycles. The van der Waals surface area contributed by atoms with Gasteiger partial charge in [0.25, 0.3) is 0 Å². The average molecular weight is 455 g/mol. The Morgan fingerprint density at radius 3 is 2.85 bits per heavy atom. The van der Waals surface area contributed by atoms with E-state index in [0.717, 1.165) is 61.2 Å². The molecule has 33 heavy (non-hydrogen) atoms. The molecule has 0 spiro atoms. The predicted molar refractivity (Wildman–Crippen MR) is 138 cm³/mol. The highest BCUT2D eigenvalue weighted by atomic mass is 32.2. The molecule has 0 bridgehead atoms. The second kappa shape index (κ2) is 9.69. The zero-order valence-electron chi connectivity index (χ0n) is 19.0. The molecule has 2 N–H and O–H groups in total. The molecule has 1 aromatic carbocycles. The normalized spacial score (nSPS) is 22.4. The number of fused-ring (bicyclic) bond motifs is 2. The topological polar surface area (TPSA) is 53.0 Å². The molecule has 4 heteroatoms. The van der Waals surface area contributed by atoms with Crippen LogP contribution in [-0.2, 0) is 11.2 Å². The summed E-state index contributed by atoms with van der Waals surface area (Å²) in [6, 6.07) is 8.71. The summed E-state index contributed by atoms with van der Waals surface area (Å²) < 4.78 is 0. The number of carbonyl (C=O) groups excluding carboxylic acids is 1. The molecule has 0 aromatic heterocycles. The molecular weight excluding hydrogens is 424 g/mol. The summed E-state index contributed by atoms with van der Waals surface area (Å²) >= 11 is 1.45. The number of aryl methyl sites for hydroxylation is 1. The number of Topliss-reactive ketones (excluding diaryl/α,β-unsaturated/α-hetero) is 1. The zero-order valence-corrected chi connectivity index (χ0v) is 19.8. The Balaban J connectivity index is 1.40. The van der Waals surface area contributed by atoms with Gasteiger partial charge in [0, 0.05) is 10.8 Å². The van der Waals surface area contributed by atoms with Gasteiger partial charge < -0.3 is 10.7 Å². The number of thioether (sulfide) groups is 1. The SMILES string of the molecule is C=C1C=CC(C2CCc3ccccc32)=C2C=C=C(C(=O)C(=N)CCC3CCNCC3)SC2=C1. The number of hydrogen-bond donors (Lipinski definition) is 2. The minimum atomic E-state index is -0.180. The summed E-state index contributed by atoms with van der Waals surface area (Å²) in [5.74, 6) is 0.787. The van der Waals surface area contributed by atoms with Crippen LogP contribution in [0, 0.1) is 11.3 Å². The number of carbonyl (C=O) groups is 1. The van der Waals surface area contributed by atoms with E-state index in [-0.39, 0.29) is 11.5 Å². The van der Waals surface area contributed by atoms with Crippen LogP contribution in [0.25, 0.3) is 0 Å². The summed E-state index contributed by atoms with van der Waals surface area (Å²) in [5, 5.41) is 11.8. The standard InChI is InChI=1S/C29H30N2OS/c1-19-6-9-24(23-10-8-21-4-2-3-5-22(21)23)25-11-13-27(33-28(25)18-19)29(32)26(30)12-7-20-14-16-31-17-15-20/h2-6,9,11,18,20,23,30-31H,1,7-8,10,12,14-17H2. The third-order valence-corrected chi connectivity index (χ3v) is 8.24. The highest BCUT2D eigenvalue weighted by Gasteiger charge is 2.30. The first-order valence-corrected chi connectivity index (χ1v) is 12.8. The van der Waals surface area contributed by atoms with E-state index in [1.165, 1.54) is 28.5 Å². The van der Waals surface area contributed by atoms with E-state index < -0.39 is 0 Å². The highest BCUT2D eigenvalue weighted by Crippen LogP contribution is 2.46. The van der Waals surface area contributed by atoms with Crippen LogP contribution >= 0.6 is 11.8 Å². The third-order valence-electron chi connectivity index (χ3n) is 7.18. The van der Waals surface area contributed by atoms with E-state index in [1.807, 2.05) is 6.08 Å². The monoisotopic (exact) mass is 454 g/mol. The first-order chi connectivity index (χ1) is 16.1. The lowest BCUT2D eigenvalue weighted by atomic mass is 9.88. The van der Waals surface area contributed by atoms with Gasteiger partial charge in [-0.15, -0.1) is 5.73 Å². The van der Waals surface area contributed by atoms with Crippen molar-refractivity contribution in [1.82, 2.24) is 5.32 Å². The van der Waals surface area contributed by atoms with Crippen molar-refractivity contribution < 1.29 is 4.79 Å². The van der Waals surface area contributed by atoms with Crippen LogP contribution in [0.4, 0.5) is 0 Å². The van der Waals surface area contributed by atoms with Crippen molar-refractivity contribution in [2.24, 2.45) is 5.92 Å². The van der Waals surface area contributed by atoms with Gasteiger partial charge in [-0.1, -0.05) is 54.8 Å². The van der Waals surface area contributed by atoms with E-state index in [0.29, 0.717) is 23.2 Å². The number of hydrogen-bond acceptors (Lipinski definition) is 4. The number of benzene rings is 1. The van der Waals surface area contributed by atoms with Crippen LogP contribution in [0.15, 0.2) is 87.4 Å². The van der Waals surface area contributed by atoms with Crippen LogP contribution in [0.5, 0.6) is 0 Å². The van der Waals surface area contributed by atoms with Crippen molar-refractivity contribution >= 4 is 23.3 Å². The molecule has 2 heterocycles. The van der Waals surface area contributed by atoms with Crippen LogP contribution in [0.3, 0.4) is 0 Å². The molecule has 5 rings (SSSR count). The molecule has 168 valence electrons. The summed E-state index contributed by atoms with van der Waals surface area (Å²) in [4.78, 5) is 14.6. The molecule has 0 radical (unpaired) electrons. The third kappa shape index (κ3) is 4.70. The summed E-state index contributed by atoms with van der Waals surface area (Å²) in [6.45, 7) is 6.27. The Hall–Kier alpha value is -2.65. The van der Waals surface area contributed by atoms with Crippen molar-refractivity contribution in [3.8, 4) is 0 Å². The molecule has 1 atom stereocenters. The maximum Gasteiger partial charge on any atom is 0.220 e. The summed E-state index contributed by atoms with van der Waals surface area (Å²) in [7, 11) is 0. The fraction of sp³-hybridized carbons (Fsp3) is 0.345. The second-order valence-electron chi connectivity index (χ2n) is 9.34.